The lowest BCUT2D eigenvalue weighted by Gasteiger charge is -2.08. The van der Waals surface area contributed by atoms with E-state index in [1.165, 1.54) is 6.08 Å². The molecule has 0 aliphatic rings. The summed E-state index contributed by atoms with van der Waals surface area (Å²) in [5.41, 5.74) is 0.741. The van der Waals surface area contributed by atoms with E-state index < -0.39 is 0 Å². The first kappa shape index (κ1) is 15.5. The normalized spacial score (nSPS) is 14.5. The molecule has 0 fully saturated rings. The van der Waals surface area contributed by atoms with Gasteiger partial charge in [0, 0.05) is 19.3 Å². The summed E-state index contributed by atoms with van der Waals surface area (Å²) in [5.74, 6) is 0.285. The molecule has 17 heavy (non-hydrogen) atoms. The Kier molecular flexibility index (Phi) is 7.83. The second-order valence-corrected chi connectivity index (χ2v) is 4.10. The van der Waals surface area contributed by atoms with Crippen molar-refractivity contribution in [1.29, 1.82) is 5.26 Å². The van der Waals surface area contributed by atoms with Crippen LogP contribution in [0.5, 0.6) is 0 Å². The molecule has 0 rings (SSSR count). The third-order valence-electron chi connectivity index (χ3n) is 2.09. The molecule has 0 saturated carbocycles. The molecule has 0 aromatic carbocycles. The van der Waals surface area contributed by atoms with Crippen LogP contribution in [0.2, 0.25) is 0 Å². The summed E-state index contributed by atoms with van der Waals surface area (Å²) < 4.78 is 0. The molecule has 0 bridgehead atoms. The van der Waals surface area contributed by atoms with Crippen molar-refractivity contribution in [3.8, 4) is 6.07 Å². The molecule has 92 valence electrons. The van der Waals surface area contributed by atoms with Gasteiger partial charge in [-0.1, -0.05) is 37.3 Å². The lowest BCUT2D eigenvalue weighted by atomic mass is 10.1. The Morgan fingerprint density at radius 1 is 1.65 bits per heavy atom. The van der Waals surface area contributed by atoms with E-state index >= 15 is 0 Å². The van der Waals surface area contributed by atoms with Crippen molar-refractivity contribution in [3.05, 3.63) is 36.0 Å². The molecule has 1 unspecified atom stereocenters. The van der Waals surface area contributed by atoms with Gasteiger partial charge >= 0.3 is 0 Å². The number of rotatable bonds is 6. The van der Waals surface area contributed by atoms with E-state index in [0.717, 1.165) is 12.1 Å². The van der Waals surface area contributed by atoms with Crippen LogP contribution in [0.1, 0.15) is 20.3 Å². The van der Waals surface area contributed by atoms with E-state index in [1.807, 2.05) is 32.1 Å². The first-order valence-corrected chi connectivity index (χ1v) is 5.72. The Bertz CT molecular complexity index is 375. The molecule has 0 spiro atoms. The Balaban J connectivity index is 4.45. The fraction of sp³-hybridized carbons (Fsp3) is 0.385. The van der Waals surface area contributed by atoms with Crippen LogP contribution in [0.3, 0.4) is 0 Å². The molecule has 0 aliphatic carbocycles. The number of nitrogens with zero attached hydrogens (tertiary/aromatic N) is 3. The molecule has 1 atom stereocenters. The topological polar surface area (TPSA) is 39.4 Å². The minimum absolute atomic E-state index is 0.285. The Morgan fingerprint density at radius 3 is 2.82 bits per heavy atom. The van der Waals surface area contributed by atoms with Crippen molar-refractivity contribution in [1.82, 2.24) is 5.01 Å². The summed E-state index contributed by atoms with van der Waals surface area (Å²) in [6.45, 7) is 7.46. The maximum Gasteiger partial charge on any atom is 0.0908 e. The zero-order valence-electron chi connectivity index (χ0n) is 10.5. The largest absolute Gasteiger partial charge is 0.276 e. The predicted molar refractivity (Wildman–Crippen MR) is 73.5 cm³/mol. The van der Waals surface area contributed by atoms with E-state index in [9.17, 15) is 0 Å². The lowest BCUT2D eigenvalue weighted by Crippen LogP contribution is -2.05. The highest BCUT2D eigenvalue weighted by Crippen LogP contribution is 2.12. The minimum Gasteiger partial charge on any atom is -0.276 e. The molecule has 0 amide bonds. The van der Waals surface area contributed by atoms with Crippen molar-refractivity contribution in [2.75, 3.05) is 7.05 Å². The second kappa shape index (κ2) is 8.60. The van der Waals surface area contributed by atoms with Crippen molar-refractivity contribution in [3.63, 3.8) is 0 Å². The Hall–Kier alpha value is -1.53. The van der Waals surface area contributed by atoms with Gasteiger partial charge in [0.05, 0.1) is 16.8 Å². The fourth-order valence-corrected chi connectivity index (χ4v) is 1.18. The van der Waals surface area contributed by atoms with Gasteiger partial charge in [0.2, 0.25) is 0 Å². The highest BCUT2D eigenvalue weighted by Gasteiger charge is 2.00. The molecule has 0 aromatic heterocycles. The van der Waals surface area contributed by atoms with Crippen LogP contribution in [0.15, 0.2) is 41.1 Å². The van der Waals surface area contributed by atoms with Crippen molar-refractivity contribution in [2.45, 2.75) is 20.3 Å². The number of hydrogen-bond acceptors (Lipinski definition) is 3. The van der Waals surface area contributed by atoms with Gasteiger partial charge in [0.25, 0.3) is 0 Å². The zero-order valence-corrected chi connectivity index (χ0v) is 11.3. The van der Waals surface area contributed by atoms with E-state index in [4.69, 9.17) is 16.9 Å². The summed E-state index contributed by atoms with van der Waals surface area (Å²) in [4.78, 5) is 0. The predicted octanol–water partition coefficient (Wildman–Crippen LogP) is 3.67. The molecule has 4 heteroatoms. The quantitative estimate of drug-likeness (QED) is 0.411. The van der Waals surface area contributed by atoms with Crippen molar-refractivity contribution in [2.24, 2.45) is 11.0 Å². The van der Waals surface area contributed by atoms with Crippen LogP contribution in [0.25, 0.3) is 0 Å². The van der Waals surface area contributed by atoms with E-state index in [1.54, 1.807) is 18.3 Å². The first-order valence-electron chi connectivity index (χ1n) is 5.34. The molecule has 0 saturated heterocycles. The number of hydrogen-bond donors (Lipinski definition) is 0. The number of halogens is 1. The number of nitriles is 1. The summed E-state index contributed by atoms with van der Waals surface area (Å²) >= 11 is 6.09. The van der Waals surface area contributed by atoms with Crippen LogP contribution in [0, 0.1) is 17.2 Å². The summed E-state index contributed by atoms with van der Waals surface area (Å²) in [6, 6.07) is 1.97. The zero-order chi connectivity index (χ0) is 13.3. The van der Waals surface area contributed by atoms with Crippen molar-refractivity contribution < 1.29 is 0 Å². The average Bonchev–Trinajstić information content (AvgIpc) is 2.32. The van der Waals surface area contributed by atoms with E-state index in [-0.39, 0.29) is 5.92 Å². The molecule has 3 nitrogen and oxygen atoms in total. The van der Waals surface area contributed by atoms with Gasteiger partial charge in [0.1, 0.15) is 0 Å². The number of allylic oxidation sites excluding steroid dienone is 4. The smallest absolute Gasteiger partial charge is 0.0908 e. The highest BCUT2D eigenvalue weighted by atomic mass is 35.5. The lowest BCUT2D eigenvalue weighted by molar-refractivity contribution is 0.492. The van der Waals surface area contributed by atoms with Gasteiger partial charge < -0.3 is 0 Å². The van der Waals surface area contributed by atoms with Gasteiger partial charge in [-0.2, -0.15) is 10.4 Å². The molecule has 0 heterocycles. The summed E-state index contributed by atoms with van der Waals surface area (Å²) in [6.07, 6.45) is 7.62. The second-order valence-electron chi connectivity index (χ2n) is 3.69. The Labute approximate surface area is 108 Å². The van der Waals surface area contributed by atoms with E-state index in [2.05, 4.69) is 11.7 Å². The molecule has 0 N–H and O–H groups in total. The van der Waals surface area contributed by atoms with Gasteiger partial charge in [-0.05, 0) is 19.3 Å². The standard InChI is InChI=1S/C13H18ClN3/c1-5-17(4)16-12(3)13(14)9-8-11(2)7-6-10-15/h5-7,9,11H,1,8H2,2-4H3/b7-6+,13-9+,16-12+. The van der Waals surface area contributed by atoms with Crippen molar-refractivity contribution >= 4 is 17.3 Å². The molecular weight excluding hydrogens is 234 g/mol. The fourth-order valence-electron chi connectivity index (χ4n) is 1.05. The first-order chi connectivity index (χ1) is 8.01. The van der Waals surface area contributed by atoms with Gasteiger partial charge in [-0.3, -0.25) is 5.01 Å². The molecule has 0 aliphatic heterocycles. The van der Waals surface area contributed by atoms with E-state index in [0.29, 0.717) is 5.03 Å². The molecular formula is C13H18ClN3. The van der Waals surface area contributed by atoms with Crippen LogP contribution in [0.4, 0.5) is 0 Å². The van der Waals surface area contributed by atoms with Gasteiger partial charge in [-0.25, -0.2) is 0 Å². The highest BCUT2D eigenvalue weighted by molar-refractivity contribution is 6.43. The van der Waals surface area contributed by atoms with Crippen LogP contribution >= 0.6 is 11.6 Å². The summed E-state index contributed by atoms with van der Waals surface area (Å²) in [5, 5.41) is 14.8. The SMILES string of the molecule is C=CN(C)/N=C(C)/C(Cl)=C\CC(C)/C=C/C#N. The monoisotopic (exact) mass is 251 g/mol. The van der Waals surface area contributed by atoms with Gasteiger partial charge in [0.15, 0.2) is 0 Å². The van der Waals surface area contributed by atoms with Crippen LogP contribution < -0.4 is 0 Å². The third kappa shape index (κ3) is 7.37. The third-order valence-corrected chi connectivity index (χ3v) is 2.51. The molecule has 0 aromatic rings. The molecule has 0 radical (unpaired) electrons. The van der Waals surface area contributed by atoms with Crippen LogP contribution in [-0.2, 0) is 0 Å². The maximum atomic E-state index is 8.39. The minimum atomic E-state index is 0.285. The number of hydrazone groups is 1. The maximum absolute atomic E-state index is 8.39. The van der Waals surface area contributed by atoms with Gasteiger partial charge in [-0.15, -0.1) is 0 Å². The Morgan fingerprint density at radius 2 is 2.29 bits per heavy atom. The average molecular weight is 252 g/mol. The summed E-state index contributed by atoms with van der Waals surface area (Å²) in [7, 11) is 1.79. The van der Waals surface area contributed by atoms with Crippen LogP contribution in [-0.4, -0.2) is 17.8 Å².